The first-order valence-corrected chi connectivity index (χ1v) is 7.65. The Balaban J connectivity index is 2.26. The predicted molar refractivity (Wildman–Crippen MR) is 80.5 cm³/mol. The van der Waals surface area contributed by atoms with Crippen molar-refractivity contribution in [1.82, 2.24) is 15.5 Å². The zero-order chi connectivity index (χ0) is 15.2. The van der Waals surface area contributed by atoms with E-state index in [1.807, 2.05) is 32.6 Å². The average Bonchev–Trinajstić information content (AvgIpc) is 2.35. The van der Waals surface area contributed by atoms with E-state index in [4.69, 9.17) is 0 Å². The van der Waals surface area contributed by atoms with Gasteiger partial charge in [-0.1, -0.05) is 6.92 Å². The lowest BCUT2D eigenvalue weighted by Gasteiger charge is -2.34. The first-order chi connectivity index (χ1) is 9.31. The molecule has 116 valence electrons. The third-order valence-corrected chi connectivity index (χ3v) is 3.45. The molecular formula is C15H29N3O2. The van der Waals surface area contributed by atoms with Crippen LogP contribution >= 0.6 is 0 Å². The highest BCUT2D eigenvalue weighted by molar-refractivity contribution is 5.76. The summed E-state index contributed by atoms with van der Waals surface area (Å²) in [6.45, 7) is 10.3. The molecule has 1 aliphatic heterocycles. The van der Waals surface area contributed by atoms with Gasteiger partial charge in [0.1, 0.15) is 0 Å². The average molecular weight is 283 g/mol. The number of hydrogen-bond donors (Lipinski definition) is 2. The van der Waals surface area contributed by atoms with E-state index >= 15 is 0 Å². The Labute approximate surface area is 122 Å². The molecule has 0 aliphatic carbocycles. The first kappa shape index (κ1) is 16.8. The van der Waals surface area contributed by atoms with E-state index in [2.05, 4.69) is 10.6 Å². The molecule has 20 heavy (non-hydrogen) atoms. The Bertz CT molecular complexity index is 329. The van der Waals surface area contributed by atoms with E-state index in [-0.39, 0.29) is 17.5 Å². The smallest absolute Gasteiger partial charge is 0.317 e. The fourth-order valence-electron chi connectivity index (χ4n) is 2.31. The van der Waals surface area contributed by atoms with Gasteiger partial charge in [-0.05, 0) is 46.0 Å². The largest absolute Gasteiger partial charge is 0.356 e. The summed E-state index contributed by atoms with van der Waals surface area (Å²) in [4.78, 5) is 25.3. The highest BCUT2D eigenvalue weighted by Gasteiger charge is 2.25. The van der Waals surface area contributed by atoms with Crippen LogP contribution in [-0.2, 0) is 4.79 Å². The molecule has 0 radical (unpaired) electrons. The van der Waals surface area contributed by atoms with Gasteiger partial charge in [-0.3, -0.25) is 4.79 Å². The van der Waals surface area contributed by atoms with Crippen LogP contribution in [0.5, 0.6) is 0 Å². The molecule has 2 N–H and O–H groups in total. The molecule has 0 atom stereocenters. The molecule has 1 heterocycles. The van der Waals surface area contributed by atoms with E-state index < -0.39 is 0 Å². The van der Waals surface area contributed by atoms with Crippen molar-refractivity contribution >= 4 is 11.9 Å². The number of carbonyl (C=O) groups excluding carboxylic acids is 2. The van der Waals surface area contributed by atoms with Crippen LogP contribution in [-0.4, -0.2) is 42.0 Å². The van der Waals surface area contributed by atoms with Gasteiger partial charge in [-0.15, -0.1) is 0 Å². The second kappa shape index (κ2) is 7.50. The number of rotatable bonds is 4. The number of piperidine rings is 1. The topological polar surface area (TPSA) is 61.4 Å². The maximum atomic E-state index is 12.0. The molecule has 0 unspecified atom stereocenters. The molecule has 1 aliphatic rings. The van der Waals surface area contributed by atoms with Gasteiger partial charge in [0.05, 0.1) is 0 Å². The molecule has 0 aromatic heterocycles. The van der Waals surface area contributed by atoms with E-state index in [0.717, 1.165) is 38.9 Å². The molecule has 5 heteroatoms. The number of likely N-dealkylation sites (tertiary alicyclic amines) is 1. The molecule has 0 spiro atoms. The van der Waals surface area contributed by atoms with Crippen molar-refractivity contribution in [3.05, 3.63) is 0 Å². The van der Waals surface area contributed by atoms with Crippen LogP contribution in [0.4, 0.5) is 4.79 Å². The van der Waals surface area contributed by atoms with Gasteiger partial charge in [0, 0.05) is 31.6 Å². The van der Waals surface area contributed by atoms with Crippen LogP contribution in [0.2, 0.25) is 0 Å². The lowest BCUT2D eigenvalue weighted by atomic mass is 9.97. The number of urea groups is 1. The van der Waals surface area contributed by atoms with E-state index in [9.17, 15) is 9.59 Å². The lowest BCUT2D eigenvalue weighted by Crippen LogP contribution is -2.51. The summed E-state index contributed by atoms with van der Waals surface area (Å²) < 4.78 is 0. The number of amides is 3. The van der Waals surface area contributed by atoms with Gasteiger partial charge in [0.2, 0.25) is 5.91 Å². The van der Waals surface area contributed by atoms with Crippen molar-refractivity contribution in [3.63, 3.8) is 0 Å². The van der Waals surface area contributed by atoms with Crippen molar-refractivity contribution in [3.8, 4) is 0 Å². The summed E-state index contributed by atoms with van der Waals surface area (Å²) in [5.74, 6) is 0.634. The SMILES string of the molecule is CCCC(=O)NCC1CCN(C(=O)NC(C)(C)C)CC1. The summed E-state index contributed by atoms with van der Waals surface area (Å²) in [5, 5.41) is 5.97. The molecule has 1 fully saturated rings. The number of nitrogens with one attached hydrogen (secondary N) is 2. The quantitative estimate of drug-likeness (QED) is 0.830. The Morgan fingerprint density at radius 2 is 1.80 bits per heavy atom. The van der Waals surface area contributed by atoms with Crippen molar-refractivity contribution in [2.75, 3.05) is 19.6 Å². The Morgan fingerprint density at radius 1 is 1.20 bits per heavy atom. The fraction of sp³-hybridized carbons (Fsp3) is 0.867. The van der Waals surface area contributed by atoms with Crippen molar-refractivity contribution < 1.29 is 9.59 Å². The summed E-state index contributed by atoms with van der Waals surface area (Å²) in [6, 6.07) is 0.0194. The van der Waals surface area contributed by atoms with E-state index in [0.29, 0.717) is 12.3 Å². The summed E-state index contributed by atoms with van der Waals surface area (Å²) in [7, 11) is 0. The van der Waals surface area contributed by atoms with Crippen LogP contribution < -0.4 is 10.6 Å². The van der Waals surface area contributed by atoms with E-state index in [1.54, 1.807) is 0 Å². The number of hydrogen-bond acceptors (Lipinski definition) is 2. The zero-order valence-electron chi connectivity index (χ0n) is 13.3. The molecule has 3 amide bonds. The van der Waals surface area contributed by atoms with Crippen LogP contribution in [0.15, 0.2) is 0 Å². The minimum Gasteiger partial charge on any atom is -0.356 e. The normalized spacial score (nSPS) is 16.9. The molecule has 0 aromatic carbocycles. The summed E-state index contributed by atoms with van der Waals surface area (Å²) in [5.41, 5.74) is -0.192. The van der Waals surface area contributed by atoms with Gasteiger partial charge in [-0.2, -0.15) is 0 Å². The third kappa shape index (κ3) is 6.26. The highest BCUT2D eigenvalue weighted by atomic mass is 16.2. The van der Waals surface area contributed by atoms with Gasteiger partial charge in [0.25, 0.3) is 0 Å². The molecule has 1 rings (SSSR count). The van der Waals surface area contributed by atoms with Crippen molar-refractivity contribution in [1.29, 1.82) is 0 Å². The molecule has 0 bridgehead atoms. The summed E-state index contributed by atoms with van der Waals surface area (Å²) >= 11 is 0. The van der Waals surface area contributed by atoms with Crippen LogP contribution in [0.1, 0.15) is 53.4 Å². The van der Waals surface area contributed by atoms with Gasteiger partial charge in [0.15, 0.2) is 0 Å². The second-order valence-electron chi connectivity index (χ2n) is 6.66. The molecule has 0 saturated carbocycles. The Hall–Kier alpha value is -1.26. The minimum absolute atomic E-state index is 0.0194. The number of nitrogens with zero attached hydrogens (tertiary/aromatic N) is 1. The minimum atomic E-state index is -0.192. The van der Waals surface area contributed by atoms with Gasteiger partial charge >= 0.3 is 6.03 Å². The van der Waals surface area contributed by atoms with E-state index in [1.165, 1.54) is 0 Å². The molecular weight excluding hydrogens is 254 g/mol. The van der Waals surface area contributed by atoms with Crippen molar-refractivity contribution in [2.24, 2.45) is 5.92 Å². The molecule has 1 saturated heterocycles. The Kier molecular flexibility index (Phi) is 6.30. The standard InChI is InChI=1S/C15H29N3O2/c1-5-6-13(19)16-11-12-7-9-18(10-8-12)14(20)17-15(2,3)4/h12H,5-11H2,1-4H3,(H,16,19)(H,17,20). The third-order valence-electron chi connectivity index (χ3n) is 3.45. The van der Waals surface area contributed by atoms with Crippen LogP contribution in [0, 0.1) is 5.92 Å². The second-order valence-corrected chi connectivity index (χ2v) is 6.66. The summed E-state index contributed by atoms with van der Waals surface area (Å²) in [6.07, 6.45) is 3.41. The molecule has 5 nitrogen and oxygen atoms in total. The highest BCUT2D eigenvalue weighted by Crippen LogP contribution is 2.17. The van der Waals surface area contributed by atoms with Gasteiger partial charge in [-0.25, -0.2) is 4.79 Å². The van der Waals surface area contributed by atoms with Gasteiger partial charge < -0.3 is 15.5 Å². The predicted octanol–water partition coefficient (Wildman–Crippen LogP) is 2.12. The zero-order valence-corrected chi connectivity index (χ0v) is 13.3. The monoisotopic (exact) mass is 283 g/mol. The van der Waals surface area contributed by atoms with Crippen LogP contribution in [0.25, 0.3) is 0 Å². The Morgan fingerprint density at radius 3 is 2.30 bits per heavy atom. The first-order valence-electron chi connectivity index (χ1n) is 7.65. The van der Waals surface area contributed by atoms with Crippen LogP contribution in [0.3, 0.4) is 0 Å². The number of carbonyl (C=O) groups is 2. The maximum Gasteiger partial charge on any atom is 0.317 e. The fourth-order valence-corrected chi connectivity index (χ4v) is 2.31. The molecule has 0 aromatic rings. The maximum absolute atomic E-state index is 12.0. The van der Waals surface area contributed by atoms with Crippen molar-refractivity contribution in [2.45, 2.75) is 58.9 Å². The lowest BCUT2D eigenvalue weighted by molar-refractivity contribution is -0.121.